The third kappa shape index (κ3) is 37.8. The van der Waals surface area contributed by atoms with Crippen LogP contribution in [0.2, 0.25) is 0 Å². The van der Waals surface area contributed by atoms with Crippen LogP contribution in [-0.2, 0) is 0 Å². The van der Waals surface area contributed by atoms with Crippen LogP contribution in [0.5, 0.6) is 0 Å². The molecule has 0 aromatic rings. The van der Waals surface area contributed by atoms with E-state index < -0.39 is 0 Å². The van der Waals surface area contributed by atoms with E-state index in [0.717, 1.165) is 0 Å². The first-order chi connectivity index (χ1) is 0. The molecule has 0 saturated heterocycles. The Labute approximate surface area is 88.9 Å². The van der Waals surface area contributed by atoms with Crippen molar-refractivity contribution in [1.82, 2.24) is 6.15 Å². The molecule has 0 rings (SSSR count). The second-order valence-electron chi connectivity index (χ2n) is 0. The fourth-order valence-corrected chi connectivity index (χ4v) is 0. The van der Waals surface area contributed by atoms with Crippen molar-refractivity contribution in [3.63, 3.8) is 0 Å². The van der Waals surface area contributed by atoms with Crippen molar-refractivity contribution >= 4 is 0 Å². The Morgan fingerprint density at radius 2 is 0.667 bits per heavy atom. The van der Waals surface area contributed by atoms with E-state index >= 15 is 0 Å². The number of hydrogen-bond donors (Lipinski definition) is 1. The third-order valence-electron chi connectivity index (χ3n) is 0. The molecule has 0 bridgehead atoms. The molecule has 6 heavy (non-hydrogen) atoms. The summed E-state index contributed by atoms with van der Waals surface area (Å²) in [6, 6.07) is 0. The van der Waals surface area contributed by atoms with Crippen LogP contribution in [0.15, 0.2) is 0 Å². The summed E-state index contributed by atoms with van der Waals surface area (Å²) in [4.78, 5) is 0. The Hall–Kier alpha value is 1.98. The molecule has 0 saturated carbocycles. The number of rotatable bonds is 0. The van der Waals surface area contributed by atoms with Gasteiger partial charge in [-0.15, -0.1) is 0 Å². The summed E-state index contributed by atoms with van der Waals surface area (Å²) < 4.78 is 0. The second kappa shape index (κ2) is 63.5. The third-order valence-corrected chi connectivity index (χ3v) is 0. The van der Waals surface area contributed by atoms with Gasteiger partial charge < -0.3 is 20.3 Å². The van der Waals surface area contributed by atoms with Crippen molar-refractivity contribution in [2.75, 3.05) is 0 Å². The zero-order valence-electron chi connectivity index (χ0n) is 4.13. The van der Waals surface area contributed by atoms with E-state index in [1.807, 2.05) is 0 Å². The van der Waals surface area contributed by atoms with Gasteiger partial charge in [-0.25, -0.2) is 0 Å². The standard InChI is InChI=1S/3FH.K.Li.H3N/h3*1H;;;1H3/q;;;2*+1;/p-2. The minimum absolute atomic E-state index is 0. The second-order valence-corrected chi connectivity index (χ2v) is 0. The molecule has 0 aromatic carbocycles. The van der Waals surface area contributed by atoms with Gasteiger partial charge in [0, 0.05) is 0 Å². The van der Waals surface area contributed by atoms with E-state index in [0.29, 0.717) is 0 Å². The van der Waals surface area contributed by atoms with Crippen molar-refractivity contribution in [2.45, 2.75) is 0 Å². The minimum Gasteiger partial charge on any atom is -1.00 e. The van der Waals surface area contributed by atoms with Crippen LogP contribution in [0.3, 0.4) is 0 Å². The monoisotopic (exact) mass is 121 g/mol. The number of quaternary nitrogens is 1. The zero-order valence-corrected chi connectivity index (χ0v) is 7.26. The number of hydrogen-bond acceptors (Lipinski definition) is 0. The minimum atomic E-state index is 0. The van der Waals surface area contributed by atoms with Gasteiger partial charge in [-0.3, -0.25) is 0 Å². The maximum Gasteiger partial charge on any atom is 1.00 e. The van der Waals surface area contributed by atoms with Crippen LogP contribution in [0.4, 0.5) is 0 Å². The summed E-state index contributed by atoms with van der Waals surface area (Å²) in [7, 11) is 0. The Kier molecular flexibility index (Phi) is 1050. The van der Waals surface area contributed by atoms with Crippen molar-refractivity contribution in [1.29, 1.82) is 0 Å². The van der Waals surface area contributed by atoms with Crippen molar-refractivity contribution in [3.8, 4) is 0 Å². The van der Waals surface area contributed by atoms with E-state index in [4.69, 9.17) is 0 Å². The van der Waals surface area contributed by atoms with Crippen LogP contribution < -0.4 is 90.5 Å². The van der Waals surface area contributed by atoms with Gasteiger partial charge in [0.15, 0.2) is 0 Å². The predicted octanol–water partition coefficient (Wildman–Crippen LogP) is -14.6. The Bertz CT molecular complexity index is 10.8. The zero-order chi connectivity index (χ0) is 0. The molecule has 32 valence electrons. The Balaban J connectivity index is 0. The molecule has 0 aliphatic carbocycles. The van der Waals surface area contributed by atoms with Gasteiger partial charge in [0.1, 0.15) is 0 Å². The molecule has 0 aromatic heterocycles. The van der Waals surface area contributed by atoms with E-state index in [2.05, 4.69) is 0 Å². The molecule has 0 unspecified atom stereocenters. The maximum atomic E-state index is 0. The molecule has 6 heteroatoms. The first kappa shape index (κ1) is 98.9. The van der Waals surface area contributed by atoms with Crippen molar-refractivity contribution < 1.29 is 84.4 Å². The fourth-order valence-electron chi connectivity index (χ4n) is 0. The molecule has 0 aliphatic heterocycles. The molecule has 0 atom stereocenters. The summed E-state index contributed by atoms with van der Waals surface area (Å²) in [5.41, 5.74) is 0. The fraction of sp³-hybridized carbons (Fsp3) is 0. The molecular weight excluding hydrogens is 117 g/mol. The predicted molar refractivity (Wildman–Crippen MR) is 5.98 cm³/mol. The molecular formula is H4F3KLiN. The molecule has 0 amide bonds. The number of halogens is 3. The molecule has 0 fully saturated rings. The van der Waals surface area contributed by atoms with Gasteiger partial charge >= 0.3 is 70.2 Å². The molecule has 0 heterocycles. The average molecular weight is 121 g/mol. The first-order valence-corrected chi connectivity index (χ1v) is 0. The summed E-state index contributed by atoms with van der Waals surface area (Å²) in [6.45, 7) is 0. The first-order valence-electron chi connectivity index (χ1n) is 0. The van der Waals surface area contributed by atoms with Gasteiger partial charge in [0.2, 0.25) is 0 Å². The van der Waals surface area contributed by atoms with Gasteiger partial charge in [0.25, 0.3) is 0 Å². The van der Waals surface area contributed by atoms with E-state index in [9.17, 15) is 0 Å². The summed E-state index contributed by atoms with van der Waals surface area (Å²) in [5, 5.41) is 0. The van der Waals surface area contributed by atoms with Gasteiger partial charge in [0.05, 0.1) is 0 Å². The van der Waals surface area contributed by atoms with Crippen molar-refractivity contribution in [3.05, 3.63) is 0 Å². The van der Waals surface area contributed by atoms with Crippen LogP contribution >= 0.6 is 0 Å². The summed E-state index contributed by atoms with van der Waals surface area (Å²) in [6.07, 6.45) is 0. The molecule has 4 N–H and O–H groups in total. The molecule has 0 spiro atoms. The van der Waals surface area contributed by atoms with Gasteiger partial charge in [-0.1, -0.05) is 0 Å². The van der Waals surface area contributed by atoms with Crippen LogP contribution in [0, 0.1) is 0 Å². The van der Waals surface area contributed by atoms with Crippen LogP contribution in [0.25, 0.3) is 0 Å². The largest absolute Gasteiger partial charge is 1.00 e. The quantitative estimate of drug-likeness (QED) is 0.309. The van der Waals surface area contributed by atoms with Crippen LogP contribution in [-0.4, -0.2) is 0 Å². The van der Waals surface area contributed by atoms with Crippen LogP contribution in [0.1, 0.15) is 0 Å². The molecule has 1 nitrogen and oxygen atoms in total. The topological polar surface area (TPSA) is 36.5 Å². The van der Waals surface area contributed by atoms with E-state index in [1.165, 1.54) is 0 Å². The van der Waals surface area contributed by atoms with Gasteiger partial charge in [-0.05, 0) is 0 Å². The Morgan fingerprint density at radius 1 is 0.667 bits per heavy atom. The molecule has 0 aliphatic rings. The van der Waals surface area contributed by atoms with E-state index in [1.54, 1.807) is 0 Å². The van der Waals surface area contributed by atoms with E-state index in [-0.39, 0.29) is 90.5 Å². The van der Waals surface area contributed by atoms with Crippen molar-refractivity contribution in [2.24, 2.45) is 0 Å². The summed E-state index contributed by atoms with van der Waals surface area (Å²) >= 11 is 0. The van der Waals surface area contributed by atoms with Gasteiger partial charge in [-0.2, -0.15) is 0 Å². The molecule has 0 radical (unpaired) electrons. The Morgan fingerprint density at radius 3 is 0.667 bits per heavy atom. The maximum absolute atomic E-state index is 0. The smallest absolute Gasteiger partial charge is 1.00 e. The normalized spacial score (nSPS) is 0. The average Bonchev–Trinajstić information content (AvgIpc) is 0. The summed E-state index contributed by atoms with van der Waals surface area (Å²) in [5.74, 6) is 0. The SMILES string of the molecule is [F-].[F-].[F-].[K+].[Li+].[NH4+].